The zero-order chi connectivity index (χ0) is 24.1. The molecule has 174 valence electrons. The maximum atomic E-state index is 12.9. The molecule has 0 saturated heterocycles. The molecule has 2 amide bonds. The molecule has 0 aliphatic heterocycles. The summed E-state index contributed by atoms with van der Waals surface area (Å²) in [6, 6.07) is 14.1. The van der Waals surface area contributed by atoms with E-state index < -0.39 is 30.1 Å². The predicted octanol–water partition coefficient (Wildman–Crippen LogP) is 4.18. The van der Waals surface area contributed by atoms with Crippen LogP contribution in [0.25, 0.3) is 11.1 Å². The van der Waals surface area contributed by atoms with Gasteiger partial charge in [-0.3, -0.25) is 4.79 Å². The Bertz CT molecular complexity index is 1030. The molecule has 2 N–H and O–H groups in total. The van der Waals surface area contributed by atoms with E-state index in [4.69, 9.17) is 4.74 Å². The molecule has 0 radical (unpaired) electrons. The predicted molar refractivity (Wildman–Crippen MR) is 126 cm³/mol. The Hall–Kier alpha value is -3.61. The molecule has 33 heavy (non-hydrogen) atoms. The van der Waals surface area contributed by atoms with Crippen molar-refractivity contribution in [3.05, 3.63) is 71.3 Å². The fourth-order valence-corrected chi connectivity index (χ4v) is 3.96. The van der Waals surface area contributed by atoms with E-state index in [2.05, 4.69) is 17.4 Å². The van der Waals surface area contributed by atoms with Crippen molar-refractivity contribution in [2.24, 2.45) is 0 Å². The number of nitrogens with zero attached hydrogens (tertiary/aromatic N) is 1. The Morgan fingerprint density at radius 3 is 2.12 bits per heavy atom. The van der Waals surface area contributed by atoms with E-state index in [1.54, 1.807) is 0 Å². The van der Waals surface area contributed by atoms with Crippen LogP contribution in [0.4, 0.5) is 4.79 Å². The van der Waals surface area contributed by atoms with Gasteiger partial charge in [-0.2, -0.15) is 0 Å². The van der Waals surface area contributed by atoms with Gasteiger partial charge in [0.05, 0.1) is 0 Å². The molecule has 1 aliphatic carbocycles. The quantitative estimate of drug-likeness (QED) is 0.588. The van der Waals surface area contributed by atoms with Gasteiger partial charge in [0.2, 0.25) is 5.91 Å². The van der Waals surface area contributed by atoms with Gasteiger partial charge in [-0.15, -0.1) is 0 Å². The number of likely N-dealkylation sites (N-methyl/N-ethyl adjacent to an activating group) is 1. The maximum Gasteiger partial charge on any atom is 0.407 e. The fraction of sp³-hybridized carbons (Fsp3) is 0.346. The lowest BCUT2D eigenvalue weighted by atomic mass is 9.98. The summed E-state index contributed by atoms with van der Waals surface area (Å²) < 4.78 is 5.56. The number of hydrogen-bond acceptors (Lipinski definition) is 4. The van der Waals surface area contributed by atoms with Crippen LogP contribution in [0.1, 0.15) is 44.2 Å². The summed E-state index contributed by atoms with van der Waals surface area (Å²) in [5.41, 5.74) is 5.43. The Morgan fingerprint density at radius 1 is 1.06 bits per heavy atom. The molecule has 7 nitrogen and oxygen atoms in total. The summed E-state index contributed by atoms with van der Waals surface area (Å²) in [4.78, 5) is 38.0. The second-order valence-electron chi connectivity index (χ2n) is 8.50. The summed E-state index contributed by atoms with van der Waals surface area (Å²) in [7, 11) is 1.41. The average Bonchev–Trinajstić information content (AvgIpc) is 3.12. The van der Waals surface area contributed by atoms with Gasteiger partial charge in [0.25, 0.3) is 0 Å². The van der Waals surface area contributed by atoms with Crippen LogP contribution < -0.4 is 5.32 Å². The summed E-state index contributed by atoms with van der Waals surface area (Å²) in [5.74, 6) is -1.70. The van der Waals surface area contributed by atoms with E-state index in [1.807, 2.05) is 56.3 Å². The molecule has 2 aromatic carbocycles. The van der Waals surface area contributed by atoms with E-state index in [-0.39, 0.29) is 18.9 Å². The topological polar surface area (TPSA) is 95.9 Å². The average molecular weight is 451 g/mol. The number of carboxylic acid groups (broad SMARTS) is 1. The number of allylic oxidation sites excluding steroid dienone is 1. The zero-order valence-corrected chi connectivity index (χ0v) is 19.4. The fourth-order valence-electron chi connectivity index (χ4n) is 3.96. The minimum Gasteiger partial charge on any atom is -0.480 e. The Labute approximate surface area is 194 Å². The number of carbonyl (C=O) groups is 3. The summed E-state index contributed by atoms with van der Waals surface area (Å²) >= 11 is 0. The molecule has 2 unspecified atom stereocenters. The van der Waals surface area contributed by atoms with Crippen LogP contribution in [-0.4, -0.2) is 53.7 Å². The number of carboxylic acids is 1. The van der Waals surface area contributed by atoms with Gasteiger partial charge in [0.1, 0.15) is 18.7 Å². The lowest BCUT2D eigenvalue weighted by Crippen LogP contribution is -2.51. The SMILES string of the molecule is CC(C)=CCC(NC(=O)OCC1c2ccccc2-c2ccccc21)C(=O)N(C)C(C)C(=O)O. The smallest absolute Gasteiger partial charge is 0.407 e. The number of aliphatic carboxylic acids is 1. The van der Waals surface area contributed by atoms with Crippen molar-refractivity contribution in [2.75, 3.05) is 13.7 Å². The van der Waals surface area contributed by atoms with Crippen molar-refractivity contribution in [2.45, 2.75) is 45.2 Å². The van der Waals surface area contributed by atoms with E-state index in [0.717, 1.165) is 32.7 Å². The van der Waals surface area contributed by atoms with Crippen molar-refractivity contribution in [1.29, 1.82) is 0 Å². The third-order valence-corrected chi connectivity index (χ3v) is 5.98. The molecular weight excluding hydrogens is 420 g/mol. The number of carbonyl (C=O) groups excluding carboxylic acids is 2. The third-order valence-electron chi connectivity index (χ3n) is 5.98. The highest BCUT2D eigenvalue weighted by atomic mass is 16.5. The summed E-state index contributed by atoms with van der Waals surface area (Å²) in [6.07, 6.45) is 1.35. The van der Waals surface area contributed by atoms with Crippen molar-refractivity contribution in [1.82, 2.24) is 10.2 Å². The van der Waals surface area contributed by atoms with Gasteiger partial charge >= 0.3 is 12.1 Å². The molecule has 0 bridgehead atoms. The number of alkyl carbamates (subject to hydrolysis) is 1. The molecule has 2 atom stereocenters. The zero-order valence-electron chi connectivity index (χ0n) is 19.4. The molecule has 1 aliphatic rings. The largest absolute Gasteiger partial charge is 0.480 e. The highest BCUT2D eigenvalue weighted by molar-refractivity contribution is 5.89. The minimum absolute atomic E-state index is 0.0928. The Balaban J connectivity index is 1.71. The van der Waals surface area contributed by atoms with Gasteiger partial charge < -0.3 is 20.1 Å². The van der Waals surface area contributed by atoms with E-state index >= 15 is 0 Å². The first kappa shape index (κ1) is 24.0. The number of hydrogen-bond donors (Lipinski definition) is 2. The number of amides is 2. The number of ether oxygens (including phenoxy) is 1. The molecule has 0 spiro atoms. The van der Waals surface area contributed by atoms with Crippen molar-refractivity contribution < 1.29 is 24.2 Å². The molecule has 0 fully saturated rings. The minimum atomic E-state index is -1.12. The maximum absolute atomic E-state index is 12.9. The number of fused-ring (bicyclic) bond motifs is 3. The molecule has 2 aromatic rings. The molecule has 3 rings (SSSR count). The second-order valence-corrected chi connectivity index (χ2v) is 8.50. The van der Waals surface area contributed by atoms with Gasteiger partial charge in [-0.1, -0.05) is 60.2 Å². The van der Waals surface area contributed by atoms with Gasteiger partial charge in [-0.05, 0) is 49.4 Å². The molecule has 0 saturated carbocycles. The highest BCUT2D eigenvalue weighted by Crippen LogP contribution is 2.44. The van der Waals surface area contributed by atoms with Gasteiger partial charge in [0, 0.05) is 13.0 Å². The van der Waals surface area contributed by atoms with Crippen LogP contribution in [0.3, 0.4) is 0 Å². The Kier molecular flexibility index (Phi) is 7.53. The van der Waals surface area contributed by atoms with Crippen molar-refractivity contribution in [3.8, 4) is 11.1 Å². The van der Waals surface area contributed by atoms with Crippen LogP contribution in [0, 0.1) is 0 Å². The molecular formula is C26H30N2O5. The second kappa shape index (κ2) is 10.3. The van der Waals surface area contributed by atoms with Gasteiger partial charge in [-0.25, -0.2) is 9.59 Å². The molecule has 7 heteroatoms. The summed E-state index contributed by atoms with van der Waals surface area (Å²) in [6.45, 7) is 5.33. The van der Waals surface area contributed by atoms with Crippen LogP contribution in [-0.2, 0) is 14.3 Å². The molecule has 0 heterocycles. The highest BCUT2D eigenvalue weighted by Gasteiger charge is 2.31. The molecule has 0 aromatic heterocycles. The first-order valence-corrected chi connectivity index (χ1v) is 10.9. The van der Waals surface area contributed by atoms with Crippen LogP contribution in [0.5, 0.6) is 0 Å². The first-order valence-electron chi connectivity index (χ1n) is 10.9. The van der Waals surface area contributed by atoms with E-state index in [0.29, 0.717) is 0 Å². The van der Waals surface area contributed by atoms with Crippen LogP contribution in [0.2, 0.25) is 0 Å². The lowest BCUT2D eigenvalue weighted by molar-refractivity contribution is -0.148. The van der Waals surface area contributed by atoms with E-state index in [1.165, 1.54) is 14.0 Å². The third kappa shape index (κ3) is 5.42. The Morgan fingerprint density at radius 2 is 1.61 bits per heavy atom. The summed E-state index contributed by atoms with van der Waals surface area (Å²) in [5, 5.41) is 11.9. The van der Waals surface area contributed by atoms with Crippen LogP contribution >= 0.6 is 0 Å². The monoisotopic (exact) mass is 450 g/mol. The number of rotatable bonds is 8. The number of nitrogens with one attached hydrogen (secondary N) is 1. The van der Waals surface area contributed by atoms with E-state index in [9.17, 15) is 19.5 Å². The normalized spacial score (nSPS) is 13.8. The van der Waals surface area contributed by atoms with Crippen molar-refractivity contribution in [3.63, 3.8) is 0 Å². The standard InChI is InChI=1S/C26H30N2O5/c1-16(2)13-14-23(24(29)28(4)17(3)25(30)31)27-26(32)33-15-22-20-11-7-5-9-18(20)19-10-6-8-12-21(19)22/h5-13,17,22-23H,14-15H2,1-4H3,(H,27,32)(H,30,31). The first-order chi connectivity index (χ1) is 15.7. The van der Waals surface area contributed by atoms with Gasteiger partial charge in [0.15, 0.2) is 0 Å². The number of benzene rings is 2. The van der Waals surface area contributed by atoms with Crippen LogP contribution in [0.15, 0.2) is 60.2 Å². The van der Waals surface area contributed by atoms with Crippen molar-refractivity contribution >= 4 is 18.0 Å². The lowest BCUT2D eigenvalue weighted by Gasteiger charge is -2.27.